The fraction of sp³-hybridized carbons (Fsp3) is 0.0714. The molecule has 2 aromatic rings. The molecule has 0 heterocycles. The fourth-order valence-corrected chi connectivity index (χ4v) is 2.57. The van der Waals surface area contributed by atoms with E-state index in [0.717, 1.165) is 19.3 Å². The first-order valence-corrected chi connectivity index (χ1v) is 7.26. The minimum atomic E-state index is -0.108. The average molecular weight is 416 g/mol. The van der Waals surface area contributed by atoms with Crippen molar-refractivity contribution in [3.05, 3.63) is 61.6 Å². The van der Waals surface area contributed by atoms with Crippen LogP contribution in [0.25, 0.3) is 0 Å². The highest BCUT2D eigenvalue weighted by atomic mass is 127. The Balaban J connectivity index is 2.19. The van der Waals surface area contributed by atoms with Crippen molar-refractivity contribution in [2.24, 2.45) is 0 Å². The van der Waals surface area contributed by atoms with E-state index in [1.165, 1.54) is 0 Å². The van der Waals surface area contributed by atoms with Crippen molar-refractivity contribution < 1.29 is 4.79 Å². The summed E-state index contributed by atoms with van der Waals surface area (Å²) in [4.78, 5) is 12.1. The summed E-state index contributed by atoms with van der Waals surface area (Å²) >= 11 is 5.64. The van der Waals surface area contributed by atoms with Crippen LogP contribution in [0.15, 0.2) is 46.9 Å². The summed E-state index contributed by atoms with van der Waals surface area (Å²) in [6, 6.07) is 13.4. The van der Waals surface area contributed by atoms with Gasteiger partial charge in [-0.15, -0.1) is 0 Å². The van der Waals surface area contributed by atoms with Gasteiger partial charge in [0.25, 0.3) is 5.91 Å². The third-order valence-electron chi connectivity index (χ3n) is 2.47. The number of carbonyl (C=O) groups is 1. The maximum Gasteiger partial charge on any atom is 0.256 e. The maximum absolute atomic E-state index is 12.1. The maximum atomic E-state index is 12.1. The molecular weight excluding hydrogens is 405 g/mol. The fourth-order valence-electron chi connectivity index (χ4n) is 1.54. The first-order chi connectivity index (χ1) is 8.56. The predicted molar refractivity (Wildman–Crippen MR) is 86.0 cm³/mol. The molecule has 2 aromatic carbocycles. The Hall–Kier alpha value is -0.880. The van der Waals surface area contributed by atoms with Gasteiger partial charge in [-0.25, -0.2) is 0 Å². The van der Waals surface area contributed by atoms with Crippen molar-refractivity contribution in [2.75, 3.05) is 5.32 Å². The molecule has 0 unspecified atom stereocenters. The molecule has 0 saturated heterocycles. The molecule has 0 aliphatic rings. The molecule has 0 aliphatic heterocycles. The van der Waals surface area contributed by atoms with Crippen molar-refractivity contribution in [1.82, 2.24) is 0 Å². The molecule has 92 valence electrons. The summed E-state index contributed by atoms with van der Waals surface area (Å²) in [6.07, 6.45) is 0. The minimum Gasteiger partial charge on any atom is -0.322 e. The molecule has 0 aromatic heterocycles. The number of aryl methyl sites for hydroxylation is 1. The van der Waals surface area contributed by atoms with Gasteiger partial charge in [0.15, 0.2) is 0 Å². The zero-order chi connectivity index (χ0) is 13.1. The molecule has 0 fully saturated rings. The second-order valence-electron chi connectivity index (χ2n) is 3.94. The number of rotatable bonds is 2. The van der Waals surface area contributed by atoms with Gasteiger partial charge in [0.2, 0.25) is 0 Å². The van der Waals surface area contributed by atoms with Gasteiger partial charge in [0.05, 0.1) is 5.56 Å². The van der Waals surface area contributed by atoms with E-state index < -0.39 is 0 Å². The molecule has 0 spiro atoms. The molecule has 2 nitrogen and oxygen atoms in total. The van der Waals surface area contributed by atoms with E-state index in [1.54, 1.807) is 0 Å². The quantitative estimate of drug-likeness (QED) is 0.712. The lowest BCUT2D eigenvalue weighted by molar-refractivity contribution is 0.102. The molecule has 18 heavy (non-hydrogen) atoms. The lowest BCUT2D eigenvalue weighted by Gasteiger charge is -2.07. The second kappa shape index (κ2) is 5.84. The van der Waals surface area contributed by atoms with Gasteiger partial charge in [-0.3, -0.25) is 4.79 Å². The molecule has 0 saturated carbocycles. The van der Waals surface area contributed by atoms with Crippen molar-refractivity contribution in [2.45, 2.75) is 6.92 Å². The van der Waals surface area contributed by atoms with Gasteiger partial charge in [-0.05, 0) is 87.4 Å². The number of carbonyl (C=O) groups excluding carboxylic acids is 1. The highest BCUT2D eigenvalue weighted by Crippen LogP contribution is 2.20. The summed E-state index contributed by atoms with van der Waals surface area (Å²) < 4.78 is 1.95. The SMILES string of the molecule is Cc1ccc(C(=O)Nc2ccc(I)cc2)c(Br)c1. The van der Waals surface area contributed by atoms with E-state index in [1.807, 2.05) is 49.4 Å². The number of halogens is 2. The van der Waals surface area contributed by atoms with Crippen LogP contribution in [0.1, 0.15) is 15.9 Å². The molecule has 0 atom stereocenters. The van der Waals surface area contributed by atoms with Crippen molar-refractivity contribution in [3.8, 4) is 0 Å². The minimum absolute atomic E-state index is 0.108. The van der Waals surface area contributed by atoms with Gasteiger partial charge < -0.3 is 5.32 Å². The van der Waals surface area contributed by atoms with Gasteiger partial charge in [-0.2, -0.15) is 0 Å². The number of nitrogens with one attached hydrogen (secondary N) is 1. The van der Waals surface area contributed by atoms with Gasteiger partial charge in [-0.1, -0.05) is 6.07 Å². The van der Waals surface area contributed by atoms with Crippen molar-refractivity contribution >= 4 is 50.1 Å². The van der Waals surface area contributed by atoms with Gasteiger partial charge in [0.1, 0.15) is 0 Å². The van der Waals surface area contributed by atoms with Crippen LogP contribution in [0.3, 0.4) is 0 Å². The van der Waals surface area contributed by atoms with Crippen molar-refractivity contribution in [3.63, 3.8) is 0 Å². The summed E-state index contributed by atoms with van der Waals surface area (Å²) in [5.74, 6) is -0.108. The Bertz CT molecular complexity index is 581. The van der Waals surface area contributed by atoms with E-state index in [4.69, 9.17) is 0 Å². The monoisotopic (exact) mass is 415 g/mol. The van der Waals surface area contributed by atoms with Gasteiger partial charge in [0, 0.05) is 13.7 Å². The molecule has 2 rings (SSSR count). The lowest BCUT2D eigenvalue weighted by Crippen LogP contribution is -2.12. The normalized spacial score (nSPS) is 10.2. The Morgan fingerprint density at radius 1 is 1.17 bits per heavy atom. The van der Waals surface area contributed by atoms with Crippen molar-refractivity contribution in [1.29, 1.82) is 0 Å². The molecule has 0 aliphatic carbocycles. The third-order valence-corrected chi connectivity index (χ3v) is 3.85. The van der Waals surface area contributed by atoms with Gasteiger partial charge >= 0.3 is 0 Å². The zero-order valence-corrected chi connectivity index (χ0v) is 13.4. The summed E-state index contributed by atoms with van der Waals surface area (Å²) in [5.41, 5.74) is 2.56. The molecular formula is C14H11BrINO. The molecule has 4 heteroatoms. The largest absolute Gasteiger partial charge is 0.322 e. The standard InChI is InChI=1S/C14H11BrINO/c1-9-2-7-12(13(15)8-9)14(18)17-11-5-3-10(16)4-6-11/h2-8H,1H3,(H,17,18). The van der Waals surface area contributed by atoms with E-state index in [2.05, 4.69) is 43.8 Å². The number of benzene rings is 2. The summed E-state index contributed by atoms with van der Waals surface area (Å²) in [6.45, 7) is 1.99. The van der Waals surface area contributed by atoms with Crippen LogP contribution in [0.5, 0.6) is 0 Å². The van der Waals surface area contributed by atoms with E-state index in [0.29, 0.717) is 5.56 Å². The van der Waals surface area contributed by atoms with E-state index >= 15 is 0 Å². The topological polar surface area (TPSA) is 29.1 Å². The predicted octanol–water partition coefficient (Wildman–Crippen LogP) is 4.61. The Kier molecular flexibility index (Phi) is 4.40. The summed E-state index contributed by atoms with van der Waals surface area (Å²) in [7, 11) is 0. The first-order valence-electron chi connectivity index (χ1n) is 5.39. The zero-order valence-electron chi connectivity index (χ0n) is 9.71. The van der Waals surface area contributed by atoms with Crippen LogP contribution >= 0.6 is 38.5 Å². The number of hydrogen-bond acceptors (Lipinski definition) is 1. The van der Waals surface area contributed by atoms with Crippen LogP contribution < -0.4 is 5.32 Å². The lowest BCUT2D eigenvalue weighted by atomic mass is 10.1. The molecule has 1 N–H and O–H groups in total. The second-order valence-corrected chi connectivity index (χ2v) is 6.04. The Morgan fingerprint density at radius 2 is 1.83 bits per heavy atom. The van der Waals surface area contributed by atoms with Crippen LogP contribution in [0.2, 0.25) is 0 Å². The van der Waals surface area contributed by atoms with E-state index in [-0.39, 0.29) is 5.91 Å². The first kappa shape index (κ1) is 13.5. The van der Waals surface area contributed by atoms with E-state index in [9.17, 15) is 4.79 Å². The third kappa shape index (κ3) is 3.32. The average Bonchev–Trinajstić information content (AvgIpc) is 2.32. The number of anilines is 1. The molecule has 0 bridgehead atoms. The Morgan fingerprint density at radius 3 is 2.44 bits per heavy atom. The van der Waals surface area contributed by atoms with Crippen LogP contribution in [0, 0.1) is 10.5 Å². The Labute approximate surface area is 128 Å². The molecule has 0 radical (unpaired) electrons. The van der Waals surface area contributed by atoms with Crippen LogP contribution in [-0.2, 0) is 0 Å². The van der Waals surface area contributed by atoms with Crippen LogP contribution in [-0.4, -0.2) is 5.91 Å². The smallest absolute Gasteiger partial charge is 0.256 e. The highest BCUT2D eigenvalue weighted by molar-refractivity contribution is 14.1. The number of amides is 1. The number of hydrogen-bond donors (Lipinski definition) is 1. The molecule has 1 amide bonds. The summed E-state index contributed by atoms with van der Waals surface area (Å²) in [5, 5.41) is 2.87. The highest BCUT2D eigenvalue weighted by Gasteiger charge is 2.09. The van der Waals surface area contributed by atoms with Crippen LogP contribution in [0.4, 0.5) is 5.69 Å².